The molecule has 1 atom stereocenters. The van der Waals surface area contributed by atoms with Crippen molar-refractivity contribution < 1.29 is 0 Å². The first-order valence-corrected chi connectivity index (χ1v) is 7.92. The number of halogens is 1. The van der Waals surface area contributed by atoms with Crippen molar-refractivity contribution in [1.29, 1.82) is 0 Å². The Bertz CT molecular complexity index is 622. The molecule has 0 saturated heterocycles. The third kappa shape index (κ3) is 3.27. The average molecular weight is 344 g/mol. The number of nitrogens with zero attached hydrogens (tertiary/aromatic N) is 2. The molecule has 3 nitrogen and oxygen atoms in total. The highest BCUT2D eigenvalue weighted by Gasteiger charge is 2.26. The van der Waals surface area contributed by atoms with E-state index in [0.29, 0.717) is 12.0 Å². The van der Waals surface area contributed by atoms with Crippen molar-refractivity contribution in [2.75, 3.05) is 11.4 Å². The molecule has 1 heterocycles. The van der Waals surface area contributed by atoms with Gasteiger partial charge in [0.2, 0.25) is 0 Å². The summed E-state index contributed by atoms with van der Waals surface area (Å²) in [6.07, 6.45) is 2.09. The van der Waals surface area contributed by atoms with E-state index < -0.39 is 0 Å². The van der Waals surface area contributed by atoms with Gasteiger partial charge in [-0.2, -0.15) is 0 Å². The lowest BCUT2D eigenvalue weighted by Crippen LogP contribution is -2.41. The molecule has 0 saturated carbocycles. The summed E-state index contributed by atoms with van der Waals surface area (Å²) >= 11 is 3.47. The van der Waals surface area contributed by atoms with Crippen molar-refractivity contribution in [3.63, 3.8) is 0 Å². The topological polar surface area (TPSA) is 41.6 Å². The third-order valence-corrected chi connectivity index (χ3v) is 4.32. The minimum atomic E-state index is 0.339. The Hall–Kier alpha value is -1.81. The number of rotatable bonds is 4. The normalized spacial score (nSPS) is 17.9. The fourth-order valence-electron chi connectivity index (χ4n) is 2.69. The van der Waals surface area contributed by atoms with Crippen molar-refractivity contribution in [1.82, 2.24) is 0 Å². The Morgan fingerprint density at radius 3 is 2.52 bits per heavy atom. The molecule has 0 amide bonds. The van der Waals surface area contributed by atoms with Gasteiger partial charge in [-0.05, 0) is 42.7 Å². The summed E-state index contributed by atoms with van der Waals surface area (Å²) in [5.74, 6) is 0.621. The van der Waals surface area contributed by atoms with Crippen LogP contribution in [0.5, 0.6) is 0 Å². The molecule has 0 fully saturated rings. The molecular weight excluding hydrogens is 326 g/mol. The molecule has 4 heteroatoms. The molecule has 21 heavy (non-hydrogen) atoms. The number of aliphatic imine (C=N–C) groups is 1. The molecule has 1 aliphatic heterocycles. The number of benzene rings is 2. The van der Waals surface area contributed by atoms with E-state index in [-0.39, 0.29) is 0 Å². The van der Waals surface area contributed by atoms with Gasteiger partial charge < -0.3 is 10.6 Å². The van der Waals surface area contributed by atoms with E-state index in [4.69, 9.17) is 5.73 Å². The van der Waals surface area contributed by atoms with Crippen molar-refractivity contribution >= 4 is 27.6 Å². The lowest BCUT2D eigenvalue weighted by Gasteiger charge is -2.26. The number of anilines is 1. The first-order chi connectivity index (χ1) is 10.2. The zero-order valence-electron chi connectivity index (χ0n) is 11.7. The molecule has 0 aromatic heterocycles. The van der Waals surface area contributed by atoms with Gasteiger partial charge in [-0.25, -0.2) is 0 Å². The highest BCUT2D eigenvalue weighted by Crippen LogP contribution is 2.25. The summed E-state index contributed by atoms with van der Waals surface area (Å²) in [6, 6.07) is 19.1. The summed E-state index contributed by atoms with van der Waals surface area (Å²) in [6.45, 7) is 0.773. The Morgan fingerprint density at radius 1 is 1.10 bits per heavy atom. The molecule has 2 aromatic carbocycles. The number of guanidine groups is 1. The van der Waals surface area contributed by atoms with Crippen LogP contribution in [-0.2, 0) is 6.42 Å². The Labute approximate surface area is 133 Å². The maximum atomic E-state index is 6.07. The summed E-state index contributed by atoms with van der Waals surface area (Å²) < 4.78 is 1.07. The lowest BCUT2D eigenvalue weighted by atomic mass is 10.0. The second-order valence-corrected chi connectivity index (χ2v) is 6.14. The molecule has 0 aliphatic carbocycles. The fourth-order valence-corrected chi connectivity index (χ4v) is 2.95. The van der Waals surface area contributed by atoms with Gasteiger partial charge in [-0.1, -0.05) is 46.3 Å². The predicted octanol–water partition coefficient (Wildman–Crippen LogP) is 3.59. The maximum Gasteiger partial charge on any atom is 0.196 e. The standard InChI is InChI=1S/C17H18BrN3/c18-14-7-10-15(11-8-14)21-16(12-20-17(21)19)9-6-13-4-2-1-3-5-13/h1-5,7-8,10-11,16H,6,9,12H2,(H2,19,20). The summed E-state index contributed by atoms with van der Waals surface area (Å²) in [4.78, 5) is 6.57. The van der Waals surface area contributed by atoms with Crippen molar-refractivity contribution in [2.45, 2.75) is 18.9 Å². The minimum Gasteiger partial charge on any atom is -0.370 e. The van der Waals surface area contributed by atoms with Crippen molar-refractivity contribution in [2.24, 2.45) is 10.7 Å². The molecule has 2 N–H and O–H groups in total. The highest BCUT2D eigenvalue weighted by molar-refractivity contribution is 9.10. The minimum absolute atomic E-state index is 0.339. The highest BCUT2D eigenvalue weighted by atomic mass is 79.9. The van der Waals surface area contributed by atoms with Crippen molar-refractivity contribution in [3.05, 3.63) is 64.6 Å². The third-order valence-electron chi connectivity index (χ3n) is 3.79. The first kappa shape index (κ1) is 14.1. The van der Waals surface area contributed by atoms with Crippen LogP contribution in [0.2, 0.25) is 0 Å². The Morgan fingerprint density at radius 2 is 1.81 bits per heavy atom. The molecule has 0 spiro atoms. The van der Waals surface area contributed by atoms with Gasteiger partial charge in [0.1, 0.15) is 0 Å². The summed E-state index contributed by atoms with van der Waals surface area (Å²) in [7, 11) is 0. The molecule has 0 bridgehead atoms. The smallest absolute Gasteiger partial charge is 0.196 e. The molecule has 1 aliphatic rings. The van der Waals surface area contributed by atoms with E-state index >= 15 is 0 Å². The molecule has 108 valence electrons. The SMILES string of the molecule is NC1=NCC(CCc2ccccc2)N1c1ccc(Br)cc1. The van der Waals surface area contributed by atoms with Crippen LogP contribution in [-0.4, -0.2) is 18.5 Å². The van der Waals surface area contributed by atoms with Crippen LogP contribution in [0.15, 0.2) is 64.1 Å². The number of hydrogen-bond acceptors (Lipinski definition) is 3. The number of aryl methyl sites for hydroxylation is 1. The second kappa shape index (κ2) is 6.31. The quantitative estimate of drug-likeness (QED) is 0.921. The van der Waals surface area contributed by atoms with Crippen molar-refractivity contribution in [3.8, 4) is 0 Å². The molecule has 2 aromatic rings. The molecule has 3 rings (SSSR count). The zero-order valence-corrected chi connectivity index (χ0v) is 13.3. The van der Waals surface area contributed by atoms with Crippen LogP contribution in [0.1, 0.15) is 12.0 Å². The maximum absolute atomic E-state index is 6.07. The zero-order chi connectivity index (χ0) is 14.7. The van der Waals surface area contributed by atoms with E-state index in [1.165, 1.54) is 5.56 Å². The van der Waals surface area contributed by atoms with E-state index in [1.54, 1.807) is 0 Å². The number of nitrogens with two attached hydrogens (primary N) is 1. The molecule has 1 unspecified atom stereocenters. The van der Waals surface area contributed by atoms with E-state index in [1.807, 2.05) is 18.2 Å². The van der Waals surface area contributed by atoms with Gasteiger partial charge in [-0.3, -0.25) is 4.99 Å². The number of hydrogen-bond donors (Lipinski definition) is 1. The van der Waals surface area contributed by atoms with Crippen LogP contribution < -0.4 is 10.6 Å². The Kier molecular flexibility index (Phi) is 4.25. The Balaban J connectivity index is 1.72. The summed E-state index contributed by atoms with van der Waals surface area (Å²) in [5, 5.41) is 0. The van der Waals surface area contributed by atoms with Crippen LogP contribution in [0.25, 0.3) is 0 Å². The van der Waals surface area contributed by atoms with Crippen LogP contribution in [0.4, 0.5) is 5.69 Å². The first-order valence-electron chi connectivity index (χ1n) is 7.13. The van der Waals surface area contributed by atoms with E-state index in [2.05, 4.69) is 62.2 Å². The van der Waals surface area contributed by atoms with Gasteiger partial charge in [0.15, 0.2) is 5.96 Å². The van der Waals surface area contributed by atoms with Gasteiger partial charge in [0, 0.05) is 10.2 Å². The van der Waals surface area contributed by atoms with E-state index in [0.717, 1.165) is 29.5 Å². The van der Waals surface area contributed by atoms with Crippen LogP contribution >= 0.6 is 15.9 Å². The lowest BCUT2D eigenvalue weighted by molar-refractivity contribution is 0.643. The fraction of sp³-hybridized carbons (Fsp3) is 0.235. The summed E-state index contributed by atoms with van der Waals surface area (Å²) in [5.41, 5.74) is 8.54. The van der Waals surface area contributed by atoms with Gasteiger partial charge in [0.25, 0.3) is 0 Å². The van der Waals surface area contributed by atoms with Crippen LogP contribution in [0.3, 0.4) is 0 Å². The van der Waals surface area contributed by atoms with Gasteiger partial charge >= 0.3 is 0 Å². The largest absolute Gasteiger partial charge is 0.370 e. The van der Waals surface area contributed by atoms with Gasteiger partial charge in [-0.15, -0.1) is 0 Å². The monoisotopic (exact) mass is 343 g/mol. The van der Waals surface area contributed by atoms with Gasteiger partial charge in [0.05, 0.1) is 12.6 Å². The second-order valence-electron chi connectivity index (χ2n) is 5.22. The predicted molar refractivity (Wildman–Crippen MR) is 91.7 cm³/mol. The average Bonchev–Trinajstić information content (AvgIpc) is 2.88. The molecular formula is C17H18BrN3. The molecule has 0 radical (unpaired) electrons. The van der Waals surface area contributed by atoms with Crippen LogP contribution in [0, 0.1) is 0 Å². The van der Waals surface area contributed by atoms with E-state index in [9.17, 15) is 0 Å².